The molecule has 4 unspecified atom stereocenters. The Bertz CT molecular complexity index is 404. The highest BCUT2D eigenvalue weighted by Gasteiger charge is 2.45. The third kappa shape index (κ3) is 2.99. The second kappa shape index (κ2) is 5.57. The maximum absolute atomic E-state index is 13.1. The third-order valence-electron chi connectivity index (χ3n) is 6.31. The zero-order valence-electron chi connectivity index (χ0n) is 14.3. The quantitative estimate of drug-likeness (QED) is 0.780. The van der Waals surface area contributed by atoms with Gasteiger partial charge in [0.25, 0.3) is 0 Å². The van der Waals surface area contributed by atoms with Gasteiger partial charge in [0.1, 0.15) is 0 Å². The highest BCUT2D eigenvalue weighted by atomic mass is 16.2. The first-order valence-electron chi connectivity index (χ1n) is 8.84. The number of carbonyl (C=O) groups excluding carboxylic acids is 1. The van der Waals surface area contributed by atoms with Crippen LogP contribution in [0, 0.1) is 17.3 Å². The smallest absolute Gasteiger partial charge is 0.240 e. The fourth-order valence-corrected chi connectivity index (χ4v) is 4.98. The molecule has 0 radical (unpaired) electrons. The summed E-state index contributed by atoms with van der Waals surface area (Å²) < 4.78 is 0. The molecule has 3 aliphatic rings. The van der Waals surface area contributed by atoms with Crippen LogP contribution >= 0.6 is 0 Å². The summed E-state index contributed by atoms with van der Waals surface area (Å²) in [5, 5.41) is 0. The minimum atomic E-state index is 0.0722. The molecule has 2 aliphatic carbocycles. The van der Waals surface area contributed by atoms with Gasteiger partial charge in [0.05, 0.1) is 6.04 Å². The molecular formula is C18H32N2O. The maximum Gasteiger partial charge on any atom is 0.240 e. The van der Waals surface area contributed by atoms with Gasteiger partial charge >= 0.3 is 0 Å². The Morgan fingerprint density at radius 3 is 2.62 bits per heavy atom. The largest absolute Gasteiger partial charge is 0.338 e. The minimum Gasteiger partial charge on any atom is -0.338 e. The number of hydrogen-bond donors (Lipinski definition) is 0. The average Bonchev–Trinajstić information content (AvgIpc) is 2.63. The zero-order valence-corrected chi connectivity index (χ0v) is 14.3. The van der Waals surface area contributed by atoms with Crippen molar-refractivity contribution in [3.63, 3.8) is 0 Å². The number of rotatable bonds is 2. The van der Waals surface area contributed by atoms with Crippen LogP contribution in [-0.4, -0.2) is 48.4 Å². The Balaban J connectivity index is 1.82. The van der Waals surface area contributed by atoms with E-state index in [4.69, 9.17) is 0 Å². The predicted octanol–water partition coefficient (Wildman–Crippen LogP) is 3.14. The summed E-state index contributed by atoms with van der Waals surface area (Å²) in [6.45, 7) is 5.63. The fraction of sp³-hybridized carbons (Fsp3) is 0.944. The van der Waals surface area contributed by atoms with Crippen LogP contribution in [0.4, 0.5) is 0 Å². The average molecular weight is 292 g/mol. The van der Waals surface area contributed by atoms with Gasteiger partial charge in [-0.15, -0.1) is 0 Å². The molecule has 3 rings (SSSR count). The van der Waals surface area contributed by atoms with E-state index < -0.39 is 0 Å². The summed E-state index contributed by atoms with van der Waals surface area (Å²) in [4.78, 5) is 17.6. The SMILES string of the molecule is CN(C)C1CC(C)(C)CCN(C2CC3CCCC2C3)C1=O. The van der Waals surface area contributed by atoms with Gasteiger partial charge in [-0.1, -0.05) is 26.7 Å². The molecule has 21 heavy (non-hydrogen) atoms. The molecular weight excluding hydrogens is 260 g/mol. The molecule has 1 aliphatic heterocycles. The molecule has 120 valence electrons. The number of likely N-dealkylation sites (N-methyl/N-ethyl adjacent to an activating group) is 1. The van der Waals surface area contributed by atoms with Crippen LogP contribution in [0.3, 0.4) is 0 Å². The van der Waals surface area contributed by atoms with E-state index >= 15 is 0 Å². The van der Waals surface area contributed by atoms with Gasteiger partial charge in [0.2, 0.25) is 5.91 Å². The third-order valence-corrected chi connectivity index (χ3v) is 6.31. The second-order valence-corrected chi connectivity index (χ2v) is 8.73. The molecule has 2 bridgehead atoms. The van der Waals surface area contributed by atoms with Crippen LogP contribution in [-0.2, 0) is 4.79 Å². The normalized spacial score (nSPS) is 39.7. The molecule has 2 saturated carbocycles. The van der Waals surface area contributed by atoms with Gasteiger partial charge in [-0.3, -0.25) is 9.69 Å². The van der Waals surface area contributed by atoms with E-state index in [2.05, 4.69) is 37.7 Å². The monoisotopic (exact) mass is 292 g/mol. The highest BCUT2D eigenvalue weighted by Crippen LogP contribution is 2.45. The Morgan fingerprint density at radius 1 is 1.19 bits per heavy atom. The van der Waals surface area contributed by atoms with E-state index in [0.717, 1.165) is 31.2 Å². The maximum atomic E-state index is 13.1. The van der Waals surface area contributed by atoms with Crippen LogP contribution < -0.4 is 0 Å². The first-order valence-corrected chi connectivity index (χ1v) is 8.84. The number of amides is 1. The van der Waals surface area contributed by atoms with Gasteiger partial charge in [0, 0.05) is 12.6 Å². The molecule has 3 nitrogen and oxygen atoms in total. The van der Waals surface area contributed by atoms with Gasteiger partial charge < -0.3 is 4.90 Å². The van der Waals surface area contributed by atoms with Crippen molar-refractivity contribution < 1.29 is 4.79 Å². The van der Waals surface area contributed by atoms with E-state index in [-0.39, 0.29) is 11.5 Å². The zero-order chi connectivity index (χ0) is 15.2. The standard InChI is InChI=1S/C18H32N2O/c1-18(2)8-9-20(17(21)16(12-18)19(3)4)15-11-13-6-5-7-14(15)10-13/h13-16H,5-12H2,1-4H3. The topological polar surface area (TPSA) is 23.6 Å². The second-order valence-electron chi connectivity index (χ2n) is 8.73. The van der Waals surface area contributed by atoms with Crippen molar-refractivity contribution in [2.45, 2.75) is 70.9 Å². The van der Waals surface area contributed by atoms with Crippen LogP contribution in [0.2, 0.25) is 0 Å². The molecule has 3 fully saturated rings. The number of hydrogen-bond acceptors (Lipinski definition) is 2. The first kappa shape index (κ1) is 15.3. The van der Waals surface area contributed by atoms with Crippen molar-refractivity contribution in [1.29, 1.82) is 0 Å². The van der Waals surface area contributed by atoms with Crippen molar-refractivity contribution >= 4 is 5.91 Å². The number of carbonyl (C=O) groups is 1. The molecule has 3 heteroatoms. The molecule has 1 heterocycles. The molecule has 0 aromatic heterocycles. The Hall–Kier alpha value is -0.570. The molecule has 0 aromatic carbocycles. The lowest BCUT2D eigenvalue weighted by Gasteiger charge is -2.35. The van der Waals surface area contributed by atoms with E-state index in [1.54, 1.807) is 0 Å². The Morgan fingerprint density at radius 2 is 1.95 bits per heavy atom. The number of nitrogens with zero attached hydrogens (tertiary/aromatic N) is 2. The van der Waals surface area contributed by atoms with Crippen molar-refractivity contribution in [3.05, 3.63) is 0 Å². The van der Waals surface area contributed by atoms with E-state index in [1.807, 2.05) is 0 Å². The van der Waals surface area contributed by atoms with E-state index in [0.29, 0.717) is 11.9 Å². The highest BCUT2D eigenvalue weighted by molar-refractivity contribution is 5.82. The van der Waals surface area contributed by atoms with Crippen molar-refractivity contribution in [2.75, 3.05) is 20.6 Å². The predicted molar refractivity (Wildman–Crippen MR) is 86.1 cm³/mol. The van der Waals surface area contributed by atoms with Crippen LogP contribution in [0.15, 0.2) is 0 Å². The lowest BCUT2D eigenvalue weighted by atomic mass is 9.83. The van der Waals surface area contributed by atoms with Gasteiger partial charge in [-0.25, -0.2) is 0 Å². The Labute approximate surface area is 130 Å². The lowest BCUT2D eigenvalue weighted by molar-refractivity contribution is -0.138. The van der Waals surface area contributed by atoms with Crippen LogP contribution in [0.25, 0.3) is 0 Å². The Kier molecular flexibility index (Phi) is 4.06. The summed E-state index contributed by atoms with van der Waals surface area (Å²) in [6, 6.07) is 0.615. The summed E-state index contributed by atoms with van der Waals surface area (Å²) in [7, 11) is 4.13. The summed E-state index contributed by atoms with van der Waals surface area (Å²) >= 11 is 0. The van der Waals surface area contributed by atoms with Gasteiger partial charge in [-0.2, -0.15) is 0 Å². The summed E-state index contributed by atoms with van der Waals surface area (Å²) in [5.41, 5.74) is 0.271. The van der Waals surface area contributed by atoms with Gasteiger partial charge in [-0.05, 0) is 63.5 Å². The molecule has 1 amide bonds. The van der Waals surface area contributed by atoms with Crippen molar-refractivity contribution in [3.8, 4) is 0 Å². The molecule has 0 spiro atoms. The van der Waals surface area contributed by atoms with Gasteiger partial charge in [0.15, 0.2) is 0 Å². The number of fused-ring (bicyclic) bond motifs is 2. The first-order chi connectivity index (χ1) is 9.87. The van der Waals surface area contributed by atoms with Crippen LogP contribution in [0.5, 0.6) is 0 Å². The molecule has 0 aromatic rings. The summed E-state index contributed by atoms with van der Waals surface area (Å²) in [6.07, 6.45) is 8.93. The van der Waals surface area contributed by atoms with E-state index in [9.17, 15) is 4.79 Å². The van der Waals surface area contributed by atoms with Crippen LogP contribution in [0.1, 0.15) is 58.8 Å². The van der Waals surface area contributed by atoms with Crippen molar-refractivity contribution in [1.82, 2.24) is 9.80 Å². The molecule has 1 saturated heterocycles. The lowest BCUT2D eigenvalue weighted by Crippen LogP contribution is -2.50. The molecule has 0 N–H and O–H groups in total. The van der Waals surface area contributed by atoms with E-state index in [1.165, 1.54) is 32.1 Å². The minimum absolute atomic E-state index is 0.0722. The number of likely N-dealkylation sites (tertiary alicyclic amines) is 1. The van der Waals surface area contributed by atoms with Crippen molar-refractivity contribution in [2.24, 2.45) is 17.3 Å². The fourth-order valence-electron chi connectivity index (χ4n) is 4.98. The molecule has 4 atom stereocenters. The summed E-state index contributed by atoms with van der Waals surface area (Å²) in [5.74, 6) is 2.09.